The highest BCUT2D eigenvalue weighted by atomic mass is 16.6. The number of nitrogens with one attached hydrogen (secondary N) is 3. The second-order valence-electron chi connectivity index (χ2n) is 13.5. The van der Waals surface area contributed by atoms with Crippen molar-refractivity contribution in [2.45, 2.75) is 78.6 Å². The maximum atomic E-state index is 12.4. The van der Waals surface area contributed by atoms with Gasteiger partial charge in [-0.05, 0) is 70.4 Å². The van der Waals surface area contributed by atoms with Gasteiger partial charge in [0.2, 0.25) is 18.7 Å². The normalized spacial score (nSPS) is 12.5. The minimum Gasteiger partial charge on any atom is -0.491 e. The SMILES string of the molecule is CC(CCC(=O)NC=O)N1Cc2c(NC=O)cccc2C1=O.CCCOCCOCCOCCOCCOCCOc1cccc(CNC(=O)OC(C)(C)C)c1. The molecule has 312 valence electrons. The van der Waals surface area contributed by atoms with Gasteiger partial charge in [0.25, 0.3) is 5.91 Å². The number of carbonyl (C=O) groups excluding carboxylic acids is 5. The summed E-state index contributed by atoms with van der Waals surface area (Å²) in [6.07, 6.45) is 2.12. The third kappa shape index (κ3) is 20.3. The summed E-state index contributed by atoms with van der Waals surface area (Å²) in [6, 6.07) is 12.6. The molecule has 0 fully saturated rings. The molecule has 1 atom stereocenters. The number of benzene rings is 2. The molecule has 2 aromatic rings. The van der Waals surface area contributed by atoms with Crippen molar-refractivity contribution in [1.29, 1.82) is 0 Å². The molecule has 1 unspecified atom stereocenters. The molecule has 0 aromatic heterocycles. The minimum atomic E-state index is -0.521. The molecule has 3 rings (SSSR count). The summed E-state index contributed by atoms with van der Waals surface area (Å²) in [6.45, 7) is 16.2. The fraction of sp³-hybridized carbons (Fsp3) is 0.575. The van der Waals surface area contributed by atoms with Crippen molar-refractivity contribution in [1.82, 2.24) is 15.5 Å². The number of nitrogens with zero attached hydrogens (tertiary/aromatic N) is 1. The van der Waals surface area contributed by atoms with Crippen LogP contribution in [0.1, 0.15) is 75.4 Å². The van der Waals surface area contributed by atoms with E-state index in [0.717, 1.165) is 29.9 Å². The third-order valence-corrected chi connectivity index (χ3v) is 7.82. The van der Waals surface area contributed by atoms with Crippen molar-refractivity contribution < 1.29 is 57.1 Å². The van der Waals surface area contributed by atoms with Crippen LogP contribution < -0.4 is 20.7 Å². The van der Waals surface area contributed by atoms with E-state index in [1.165, 1.54) is 0 Å². The Morgan fingerprint density at radius 2 is 1.41 bits per heavy atom. The monoisotopic (exact) mass is 788 g/mol. The molecular weight excluding hydrogens is 728 g/mol. The molecule has 0 spiro atoms. The first kappa shape index (κ1) is 47.5. The zero-order valence-corrected chi connectivity index (χ0v) is 33.4. The molecule has 0 saturated carbocycles. The topological polar surface area (TPSA) is 189 Å². The molecule has 0 aliphatic carbocycles. The molecule has 2 aromatic carbocycles. The maximum Gasteiger partial charge on any atom is 0.407 e. The number of imide groups is 1. The van der Waals surface area contributed by atoms with Crippen molar-refractivity contribution in [3.05, 3.63) is 59.2 Å². The van der Waals surface area contributed by atoms with Crippen LogP contribution in [0.3, 0.4) is 0 Å². The molecule has 5 amide bonds. The maximum absolute atomic E-state index is 12.4. The van der Waals surface area contributed by atoms with Crippen LogP contribution in [0.15, 0.2) is 42.5 Å². The van der Waals surface area contributed by atoms with Crippen molar-refractivity contribution in [3.63, 3.8) is 0 Å². The van der Waals surface area contributed by atoms with Crippen LogP contribution >= 0.6 is 0 Å². The number of alkyl carbamates (subject to hydrolysis) is 1. The van der Waals surface area contributed by atoms with E-state index in [-0.39, 0.29) is 24.3 Å². The van der Waals surface area contributed by atoms with E-state index in [1.54, 1.807) is 23.1 Å². The van der Waals surface area contributed by atoms with Gasteiger partial charge in [0, 0.05) is 49.0 Å². The first-order chi connectivity index (χ1) is 27.0. The van der Waals surface area contributed by atoms with Crippen LogP contribution in [0.25, 0.3) is 0 Å². The molecule has 0 bridgehead atoms. The van der Waals surface area contributed by atoms with Crippen LogP contribution in [-0.2, 0) is 55.9 Å². The number of rotatable bonds is 27. The van der Waals surface area contributed by atoms with Gasteiger partial charge in [-0.15, -0.1) is 0 Å². The third-order valence-electron chi connectivity index (χ3n) is 7.82. The molecule has 1 heterocycles. The van der Waals surface area contributed by atoms with Crippen molar-refractivity contribution in [2.24, 2.45) is 0 Å². The van der Waals surface area contributed by atoms with E-state index in [9.17, 15) is 24.0 Å². The molecule has 0 saturated heterocycles. The van der Waals surface area contributed by atoms with E-state index < -0.39 is 11.7 Å². The summed E-state index contributed by atoms with van der Waals surface area (Å²) in [7, 11) is 0. The number of hydrogen-bond donors (Lipinski definition) is 3. The summed E-state index contributed by atoms with van der Waals surface area (Å²) in [5.41, 5.74) is 2.37. The quantitative estimate of drug-likeness (QED) is 0.0865. The van der Waals surface area contributed by atoms with Gasteiger partial charge in [-0.3, -0.25) is 24.5 Å². The first-order valence-electron chi connectivity index (χ1n) is 18.9. The van der Waals surface area contributed by atoms with Gasteiger partial charge in [-0.1, -0.05) is 25.1 Å². The van der Waals surface area contributed by atoms with Gasteiger partial charge in [-0.2, -0.15) is 0 Å². The van der Waals surface area contributed by atoms with Crippen molar-refractivity contribution >= 4 is 36.4 Å². The predicted molar refractivity (Wildman–Crippen MR) is 208 cm³/mol. The van der Waals surface area contributed by atoms with E-state index >= 15 is 0 Å². The van der Waals surface area contributed by atoms with Gasteiger partial charge in [0.05, 0.1) is 59.5 Å². The first-order valence-corrected chi connectivity index (χ1v) is 18.9. The van der Waals surface area contributed by atoms with E-state index in [0.29, 0.717) is 110 Å². The van der Waals surface area contributed by atoms with Gasteiger partial charge in [-0.25, -0.2) is 4.79 Å². The predicted octanol–water partition coefficient (Wildman–Crippen LogP) is 4.24. The lowest BCUT2D eigenvalue weighted by molar-refractivity contribution is -0.125. The summed E-state index contributed by atoms with van der Waals surface area (Å²) in [4.78, 5) is 58.0. The number of anilines is 1. The van der Waals surface area contributed by atoms with Crippen LogP contribution in [0.2, 0.25) is 0 Å². The van der Waals surface area contributed by atoms with E-state index in [4.69, 9.17) is 33.2 Å². The zero-order valence-electron chi connectivity index (χ0n) is 33.4. The van der Waals surface area contributed by atoms with Crippen LogP contribution in [0.5, 0.6) is 5.75 Å². The fourth-order valence-electron chi connectivity index (χ4n) is 5.12. The Balaban J connectivity index is 0.000000422. The van der Waals surface area contributed by atoms with Crippen molar-refractivity contribution in [2.75, 3.05) is 78.0 Å². The van der Waals surface area contributed by atoms with Gasteiger partial charge >= 0.3 is 6.09 Å². The number of hydrogen-bond acceptors (Lipinski definition) is 12. The zero-order chi connectivity index (χ0) is 41.0. The second-order valence-corrected chi connectivity index (χ2v) is 13.5. The summed E-state index contributed by atoms with van der Waals surface area (Å²) in [5, 5.41) is 7.40. The summed E-state index contributed by atoms with van der Waals surface area (Å²) < 4.78 is 38.1. The molecule has 56 heavy (non-hydrogen) atoms. The Hall–Kier alpha value is -4.61. The second kappa shape index (κ2) is 27.9. The number of fused-ring (bicyclic) bond motifs is 1. The average molecular weight is 789 g/mol. The smallest absolute Gasteiger partial charge is 0.407 e. The van der Waals surface area contributed by atoms with Gasteiger partial charge in [0.15, 0.2) is 0 Å². The fourth-order valence-corrected chi connectivity index (χ4v) is 5.12. The lowest BCUT2D eigenvalue weighted by Crippen LogP contribution is -2.34. The lowest BCUT2D eigenvalue weighted by atomic mass is 10.1. The Morgan fingerprint density at radius 1 is 0.821 bits per heavy atom. The Morgan fingerprint density at radius 3 is 1.98 bits per heavy atom. The molecule has 16 heteroatoms. The Bertz CT molecular complexity index is 1470. The highest BCUT2D eigenvalue weighted by Crippen LogP contribution is 2.31. The largest absolute Gasteiger partial charge is 0.491 e. The molecule has 1 aliphatic rings. The van der Waals surface area contributed by atoms with Crippen LogP contribution in [0, 0.1) is 0 Å². The van der Waals surface area contributed by atoms with Crippen LogP contribution in [0.4, 0.5) is 10.5 Å². The molecule has 3 N–H and O–H groups in total. The summed E-state index contributed by atoms with van der Waals surface area (Å²) in [5.74, 6) is 0.236. The summed E-state index contributed by atoms with van der Waals surface area (Å²) >= 11 is 0. The van der Waals surface area contributed by atoms with E-state index in [2.05, 4.69) is 22.9 Å². The highest BCUT2D eigenvalue weighted by molar-refractivity contribution is 6.01. The number of amides is 5. The standard InChI is InChI=1S/C25H43NO8.C15H17N3O4/c1-5-9-28-10-11-29-12-13-30-14-15-31-16-17-32-18-19-33-23-8-6-7-22(20-23)21-26-24(27)34-25(2,3)4;1-10(5-6-14(21)17-9-20)18-7-12-11(15(18)22)3-2-4-13(12)16-8-19/h6-8,20H,5,9-19,21H2,1-4H3,(H,26,27);2-4,8-10H,5-7H2,1H3,(H,16,19)(H,17,20,21). The van der Waals surface area contributed by atoms with Gasteiger partial charge in [0.1, 0.15) is 18.0 Å². The Kier molecular flexibility index (Phi) is 23.7. The average Bonchev–Trinajstić information content (AvgIpc) is 3.51. The highest BCUT2D eigenvalue weighted by Gasteiger charge is 2.32. The van der Waals surface area contributed by atoms with Crippen molar-refractivity contribution in [3.8, 4) is 5.75 Å². The minimum absolute atomic E-state index is 0.118. The number of carbonyl (C=O) groups is 5. The molecule has 0 radical (unpaired) electrons. The molecule has 1 aliphatic heterocycles. The van der Waals surface area contributed by atoms with Gasteiger partial charge < -0.3 is 48.7 Å². The molecular formula is C40H60N4O12. The van der Waals surface area contributed by atoms with E-state index in [1.807, 2.05) is 52.0 Å². The lowest BCUT2D eigenvalue weighted by Gasteiger charge is -2.24. The Labute approximate surface area is 330 Å². The van der Waals surface area contributed by atoms with Crippen LogP contribution in [-0.4, -0.2) is 120 Å². The molecule has 16 nitrogen and oxygen atoms in total. The number of ether oxygens (including phenoxy) is 7.